The predicted molar refractivity (Wildman–Crippen MR) is 89.8 cm³/mol. The summed E-state index contributed by atoms with van der Waals surface area (Å²) in [5.41, 5.74) is 1.11. The minimum Gasteiger partial charge on any atom is -0.344 e. The number of benzene rings is 2. The molecule has 0 radical (unpaired) electrons. The number of amides is 1. The topological polar surface area (TPSA) is 41.1 Å². The Labute approximate surface area is 136 Å². The summed E-state index contributed by atoms with van der Waals surface area (Å²) in [6.07, 6.45) is 0.530. The molecule has 1 aliphatic heterocycles. The Kier molecular flexibility index (Phi) is 3.78. The van der Waals surface area contributed by atoms with Gasteiger partial charge in [0.05, 0.1) is 0 Å². The van der Waals surface area contributed by atoms with Crippen molar-refractivity contribution in [2.45, 2.75) is 12.0 Å². The summed E-state index contributed by atoms with van der Waals surface area (Å²) >= 11 is 8.60. The minimum absolute atomic E-state index is 0.112. The first-order valence-corrected chi connectivity index (χ1v) is 7.74. The molecule has 2 aromatic rings. The summed E-state index contributed by atoms with van der Waals surface area (Å²) in [5.74, 6) is -0.112. The minimum atomic E-state index is -0.848. The highest BCUT2D eigenvalue weighted by molar-refractivity contribution is 9.10. The van der Waals surface area contributed by atoms with Crippen molar-refractivity contribution in [1.29, 1.82) is 0 Å². The van der Waals surface area contributed by atoms with Gasteiger partial charge in [0.2, 0.25) is 0 Å². The lowest BCUT2D eigenvalue weighted by Crippen LogP contribution is -2.45. The Balaban J connectivity index is 2.06. The third-order valence-electron chi connectivity index (χ3n) is 3.57. The molecule has 21 heavy (non-hydrogen) atoms. The number of nitrogens with one attached hydrogen (secondary N) is 2. The Morgan fingerprint density at radius 3 is 2.48 bits per heavy atom. The van der Waals surface area contributed by atoms with Crippen LogP contribution < -0.4 is 10.6 Å². The summed E-state index contributed by atoms with van der Waals surface area (Å²) < 4.78 is 0.990. The van der Waals surface area contributed by atoms with Crippen LogP contribution in [0.3, 0.4) is 0 Å². The average Bonchev–Trinajstić information content (AvgIpc) is 2.75. The molecule has 2 aromatic carbocycles. The van der Waals surface area contributed by atoms with Gasteiger partial charge in [0.25, 0.3) is 5.91 Å². The molecule has 106 valence electrons. The van der Waals surface area contributed by atoms with Gasteiger partial charge < -0.3 is 10.6 Å². The van der Waals surface area contributed by atoms with E-state index in [0.29, 0.717) is 11.5 Å². The summed E-state index contributed by atoms with van der Waals surface area (Å²) in [6, 6.07) is 17.6. The van der Waals surface area contributed by atoms with Crippen LogP contribution in [0.1, 0.15) is 11.1 Å². The first-order valence-electron chi connectivity index (χ1n) is 6.54. The number of halogens is 1. The van der Waals surface area contributed by atoms with Gasteiger partial charge in [0, 0.05) is 10.9 Å². The van der Waals surface area contributed by atoms with Gasteiger partial charge in [0.15, 0.2) is 5.11 Å². The summed E-state index contributed by atoms with van der Waals surface area (Å²) in [7, 11) is 0. The summed E-state index contributed by atoms with van der Waals surface area (Å²) in [6.45, 7) is 0. The van der Waals surface area contributed by atoms with Crippen LogP contribution in [-0.2, 0) is 16.8 Å². The molecule has 1 heterocycles. The van der Waals surface area contributed by atoms with Crippen molar-refractivity contribution in [3.63, 3.8) is 0 Å². The van der Waals surface area contributed by atoms with Gasteiger partial charge in [-0.15, -0.1) is 0 Å². The predicted octanol–water partition coefficient (Wildman–Crippen LogP) is 2.89. The van der Waals surface area contributed by atoms with Crippen molar-refractivity contribution in [2.75, 3.05) is 0 Å². The van der Waals surface area contributed by atoms with Gasteiger partial charge in [0.1, 0.15) is 5.54 Å². The smallest absolute Gasteiger partial charge is 0.256 e. The molecular formula is C16H13BrN2OS. The highest BCUT2D eigenvalue weighted by Gasteiger charge is 2.46. The van der Waals surface area contributed by atoms with Gasteiger partial charge in [-0.1, -0.05) is 58.4 Å². The third kappa shape index (κ3) is 2.71. The fourth-order valence-corrected chi connectivity index (χ4v) is 3.31. The van der Waals surface area contributed by atoms with Crippen LogP contribution >= 0.6 is 28.1 Å². The van der Waals surface area contributed by atoms with Gasteiger partial charge >= 0.3 is 0 Å². The molecule has 1 amide bonds. The molecule has 5 heteroatoms. The number of rotatable bonds is 3. The lowest BCUT2D eigenvalue weighted by atomic mass is 9.84. The SMILES string of the molecule is O=C1NC(=S)NC1(Cc1cccc(Br)c1)c1ccccc1. The molecule has 1 saturated heterocycles. The Morgan fingerprint density at radius 2 is 1.86 bits per heavy atom. The lowest BCUT2D eigenvalue weighted by molar-refractivity contribution is -0.124. The van der Waals surface area contributed by atoms with Crippen LogP contribution in [0, 0.1) is 0 Å². The summed E-state index contributed by atoms with van der Waals surface area (Å²) in [5, 5.41) is 6.24. The lowest BCUT2D eigenvalue weighted by Gasteiger charge is -2.27. The molecule has 3 nitrogen and oxygen atoms in total. The Morgan fingerprint density at radius 1 is 1.10 bits per heavy atom. The van der Waals surface area contributed by atoms with E-state index in [-0.39, 0.29) is 5.91 Å². The van der Waals surface area contributed by atoms with Crippen LogP contribution in [0.4, 0.5) is 0 Å². The molecular weight excluding hydrogens is 348 g/mol. The van der Waals surface area contributed by atoms with Gasteiger partial charge in [-0.2, -0.15) is 0 Å². The molecule has 1 unspecified atom stereocenters. The van der Waals surface area contributed by atoms with Gasteiger partial charge in [-0.25, -0.2) is 0 Å². The maximum atomic E-state index is 12.5. The molecule has 2 N–H and O–H groups in total. The highest BCUT2D eigenvalue weighted by atomic mass is 79.9. The highest BCUT2D eigenvalue weighted by Crippen LogP contribution is 2.30. The second-order valence-electron chi connectivity index (χ2n) is 4.99. The number of hydrogen-bond donors (Lipinski definition) is 2. The van der Waals surface area contributed by atoms with Gasteiger partial charge in [-0.3, -0.25) is 4.79 Å². The number of carbonyl (C=O) groups excluding carboxylic acids is 1. The van der Waals surface area contributed by atoms with Crippen molar-refractivity contribution in [3.8, 4) is 0 Å². The molecule has 0 spiro atoms. The van der Waals surface area contributed by atoms with Crippen LogP contribution in [0.2, 0.25) is 0 Å². The second kappa shape index (κ2) is 5.58. The molecule has 1 fully saturated rings. The van der Waals surface area contributed by atoms with E-state index in [4.69, 9.17) is 12.2 Å². The number of carbonyl (C=O) groups is 1. The Bertz CT molecular complexity index is 704. The van der Waals surface area contributed by atoms with Crippen molar-refractivity contribution >= 4 is 39.2 Å². The van der Waals surface area contributed by atoms with Crippen molar-refractivity contribution in [3.05, 3.63) is 70.2 Å². The third-order valence-corrected chi connectivity index (χ3v) is 4.26. The molecule has 1 atom stereocenters. The fourth-order valence-electron chi connectivity index (χ4n) is 2.60. The van der Waals surface area contributed by atoms with Crippen LogP contribution in [-0.4, -0.2) is 11.0 Å². The maximum absolute atomic E-state index is 12.5. The van der Waals surface area contributed by atoms with Crippen LogP contribution in [0.15, 0.2) is 59.1 Å². The van der Waals surface area contributed by atoms with E-state index in [1.54, 1.807) is 0 Å². The quantitative estimate of drug-likeness (QED) is 0.826. The zero-order valence-electron chi connectivity index (χ0n) is 11.1. The molecule has 0 aromatic heterocycles. The fraction of sp³-hybridized carbons (Fsp3) is 0.125. The van der Waals surface area contributed by atoms with Crippen LogP contribution in [0.5, 0.6) is 0 Å². The first kappa shape index (κ1) is 14.2. The van der Waals surface area contributed by atoms with Crippen LogP contribution in [0.25, 0.3) is 0 Å². The molecule has 0 bridgehead atoms. The zero-order chi connectivity index (χ0) is 14.9. The summed E-state index contributed by atoms with van der Waals surface area (Å²) in [4.78, 5) is 12.5. The van der Waals surface area contributed by atoms with E-state index in [0.717, 1.165) is 15.6 Å². The number of hydrogen-bond acceptors (Lipinski definition) is 2. The molecule has 3 rings (SSSR count). The molecule has 1 aliphatic rings. The van der Waals surface area contributed by atoms with E-state index < -0.39 is 5.54 Å². The normalized spacial score (nSPS) is 21.0. The second-order valence-corrected chi connectivity index (χ2v) is 6.31. The van der Waals surface area contributed by atoms with E-state index in [1.165, 1.54) is 0 Å². The first-order chi connectivity index (χ1) is 10.1. The largest absolute Gasteiger partial charge is 0.344 e. The van der Waals surface area contributed by atoms with E-state index >= 15 is 0 Å². The van der Waals surface area contributed by atoms with E-state index in [2.05, 4.69) is 26.6 Å². The standard InChI is InChI=1S/C16H13BrN2OS/c17-13-8-4-5-11(9-13)10-16(12-6-2-1-3-7-12)14(20)18-15(21)19-16/h1-9H,10H2,(H2,18,19,20,21). The van der Waals surface area contributed by atoms with Crippen molar-refractivity contribution < 1.29 is 4.79 Å². The monoisotopic (exact) mass is 360 g/mol. The average molecular weight is 361 g/mol. The van der Waals surface area contributed by atoms with E-state index in [1.807, 2.05) is 54.6 Å². The van der Waals surface area contributed by atoms with Crippen molar-refractivity contribution in [1.82, 2.24) is 10.6 Å². The molecule has 0 saturated carbocycles. The number of thiocarbonyl (C=S) groups is 1. The maximum Gasteiger partial charge on any atom is 0.256 e. The van der Waals surface area contributed by atoms with Crippen molar-refractivity contribution in [2.24, 2.45) is 0 Å². The zero-order valence-corrected chi connectivity index (χ0v) is 13.5. The molecule has 0 aliphatic carbocycles. The van der Waals surface area contributed by atoms with Gasteiger partial charge in [-0.05, 0) is 35.5 Å². The Hall–Kier alpha value is -1.72. The van der Waals surface area contributed by atoms with E-state index in [9.17, 15) is 4.79 Å².